The Balaban J connectivity index is 2.28. The monoisotopic (exact) mass is 168 g/mol. The topological polar surface area (TPSA) is 34.3 Å². The maximum absolute atomic E-state index is 4.77. The summed E-state index contributed by atoms with van der Waals surface area (Å²) in [7, 11) is 0.676. The van der Waals surface area contributed by atoms with Gasteiger partial charge in [0.2, 0.25) is 0 Å². The molecule has 0 spiro atoms. The van der Waals surface area contributed by atoms with Crippen LogP contribution in [0.15, 0.2) is 0 Å². The van der Waals surface area contributed by atoms with Crippen molar-refractivity contribution in [2.75, 3.05) is 0 Å². The van der Waals surface area contributed by atoms with E-state index in [1.165, 1.54) is 16.9 Å². The van der Waals surface area contributed by atoms with Crippen LogP contribution in [0.4, 0.5) is 0 Å². The van der Waals surface area contributed by atoms with Crippen molar-refractivity contribution in [2.45, 2.75) is 4.76 Å². The van der Waals surface area contributed by atoms with Crippen molar-refractivity contribution in [2.24, 2.45) is 0 Å². The average molecular weight is 168 g/mol. The molecule has 1 aliphatic heterocycles. The van der Waals surface area contributed by atoms with Crippen LogP contribution >= 0.6 is 0 Å². The quantitative estimate of drug-likeness (QED) is 0.246. The number of hydrogen-bond acceptors (Lipinski definition) is 3. The molecule has 0 bridgehead atoms. The molecule has 36 valence electrons. The molecule has 0 radical (unpaired) electrons. The Morgan fingerprint density at radius 3 is 2.17 bits per heavy atom. The molecule has 0 aliphatic carbocycles. The minimum absolute atomic E-state index is 0.584. The molecule has 3 nitrogen and oxygen atoms in total. The van der Waals surface area contributed by atoms with Crippen LogP contribution in [-0.4, -0.2) is 32.1 Å². The summed E-state index contributed by atoms with van der Waals surface area (Å²) in [6, 6.07) is 0. The Kier molecular flexibility index (Phi) is 1.05. The third-order valence-corrected chi connectivity index (χ3v) is 2.99. The maximum atomic E-state index is 4.77. The molecule has 1 fully saturated rings. The molecule has 1 unspecified atom stereocenters. The van der Waals surface area contributed by atoms with Crippen LogP contribution in [0.5, 0.6) is 0 Å². The van der Waals surface area contributed by atoms with Crippen LogP contribution < -0.4 is 0 Å². The van der Waals surface area contributed by atoms with Gasteiger partial charge >= 0.3 is 46.3 Å². The number of hydrogen-bond donors (Lipinski definition) is 0. The van der Waals surface area contributed by atoms with Crippen molar-refractivity contribution in [3.8, 4) is 0 Å². The first-order chi connectivity index (χ1) is 2.77. The van der Waals surface area contributed by atoms with Gasteiger partial charge in [0.05, 0.1) is 0 Å². The molecule has 0 saturated carbocycles. The molecule has 0 aromatic rings. The standard InChI is InChI=1S/CH5AsO3Si/c2-1(5-6)3-4-1/h2H2,6H3. The summed E-state index contributed by atoms with van der Waals surface area (Å²) in [4.78, 5) is 8.77. The van der Waals surface area contributed by atoms with Gasteiger partial charge in [0.15, 0.2) is 0 Å². The minimum atomic E-state index is -0.584. The van der Waals surface area contributed by atoms with Gasteiger partial charge in [0.25, 0.3) is 0 Å². The second-order valence-corrected chi connectivity index (χ2v) is 2.87. The molecule has 0 aromatic heterocycles. The first-order valence-electron chi connectivity index (χ1n) is 1.48. The fourth-order valence-electron chi connectivity index (χ4n) is 0.109. The molecule has 1 atom stereocenters. The van der Waals surface area contributed by atoms with Gasteiger partial charge in [-0.3, -0.25) is 0 Å². The molecule has 0 aromatic carbocycles. The zero-order valence-electron chi connectivity index (χ0n) is 3.30. The van der Waals surface area contributed by atoms with Gasteiger partial charge in [-0.1, -0.05) is 0 Å². The first-order valence-corrected chi connectivity index (χ1v) is 3.50. The van der Waals surface area contributed by atoms with Crippen molar-refractivity contribution in [1.29, 1.82) is 0 Å². The average Bonchev–Trinajstić information content (AvgIpc) is 2.22. The van der Waals surface area contributed by atoms with Crippen LogP contribution in [0.2, 0.25) is 0 Å². The van der Waals surface area contributed by atoms with E-state index in [-0.39, 0.29) is 0 Å². The third kappa shape index (κ3) is 0.830. The zero-order valence-corrected chi connectivity index (χ0v) is 7.72. The van der Waals surface area contributed by atoms with Crippen LogP contribution in [0.25, 0.3) is 0 Å². The van der Waals surface area contributed by atoms with Crippen molar-refractivity contribution in [1.82, 2.24) is 0 Å². The molecule has 5 heteroatoms. The van der Waals surface area contributed by atoms with Gasteiger partial charge in [-0.15, -0.1) is 0 Å². The van der Waals surface area contributed by atoms with E-state index in [0.29, 0.717) is 10.5 Å². The Labute approximate surface area is 46.9 Å². The molecule has 1 saturated heterocycles. The molecule has 1 heterocycles. The van der Waals surface area contributed by atoms with Gasteiger partial charge in [-0.25, -0.2) is 0 Å². The van der Waals surface area contributed by atoms with Crippen molar-refractivity contribution < 1.29 is 14.2 Å². The van der Waals surface area contributed by atoms with Gasteiger partial charge in [-0.2, -0.15) is 0 Å². The second kappa shape index (κ2) is 1.31. The summed E-state index contributed by atoms with van der Waals surface area (Å²) in [5.41, 5.74) is 0. The SMILES string of the molecule is [SiH3]OC1([AsH2])OO1. The van der Waals surface area contributed by atoms with Gasteiger partial charge in [0, 0.05) is 0 Å². The second-order valence-electron chi connectivity index (χ2n) is 0.974. The van der Waals surface area contributed by atoms with Crippen molar-refractivity contribution in [3.05, 3.63) is 0 Å². The summed E-state index contributed by atoms with van der Waals surface area (Å²) in [6.07, 6.45) is 0. The Morgan fingerprint density at radius 2 is 2.17 bits per heavy atom. The van der Waals surface area contributed by atoms with Crippen LogP contribution in [0, 0.1) is 0 Å². The number of rotatable bonds is 1. The fraction of sp³-hybridized carbons (Fsp3) is 1.00. The molecule has 0 N–H and O–H groups in total. The van der Waals surface area contributed by atoms with E-state index in [4.69, 9.17) is 4.43 Å². The van der Waals surface area contributed by atoms with Crippen LogP contribution in [0.3, 0.4) is 0 Å². The molecule has 0 amide bonds. The normalized spacial score (nSPS) is 27.5. The molecule has 1 rings (SSSR count). The molecule has 1 aliphatic rings. The molecular formula is CH5AsO3Si. The van der Waals surface area contributed by atoms with E-state index < -0.39 is 4.76 Å². The van der Waals surface area contributed by atoms with Gasteiger partial charge < -0.3 is 0 Å². The van der Waals surface area contributed by atoms with Gasteiger partial charge in [0.1, 0.15) is 0 Å². The van der Waals surface area contributed by atoms with E-state index in [0.717, 1.165) is 0 Å². The van der Waals surface area contributed by atoms with Crippen LogP contribution in [-0.2, 0) is 14.2 Å². The van der Waals surface area contributed by atoms with E-state index in [2.05, 4.69) is 9.78 Å². The van der Waals surface area contributed by atoms with Crippen molar-refractivity contribution in [3.63, 3.8) is 0 Å². The molecular weight excluding hydrogens is 163 g/mol. The van der Waals surface area contributed by atoms with Crippen LogP contribution in [0.1, 0.15) is 0 Å². The summed E-state index contributed by atoms with van der Waals surface area (Å²) >= 11 is 1.31. The summed E-state index contributed by atoms with van der Waals surface area (Å²) in [5, 5.41) is 0. The van der Waals surface area contributed by atoms with Gasteiger partial charge in [-0.05, 0) is 0 Å². The first kappa shape index (κ1) is 4.81. The van der Waals surface area contributed by atoms with E-state index in [1.807, 2.05) is 0 Å². The summed E-state index contributed by atoms with van der Waals surface area (Å²) < 4.78 is 4.19. The van der Waals surface area contributed by atoms with E-state index >= 15 is 0 Å². The van der Waals surface area contributed by atoms with E-state index in [1.54, 1.807) is 0 Å². The fourth-order valence-corrected chi connectivity index (χ4v) is 0.346. The Morgan fingerprint density at radius 1 is 1.67 bits per heavy atom. The Bertz CT molecular complexity index is 61.8. The predicted octanol–water partition coefficient (Wildman–Crippen LogP) is -2.51. The Hall–Kier alpha value is 0.655. The summed E-state index contributed by atoms with van der Waals surface area (Å²) in [6.45, 7) is 0. The molecule has 6 heavy (non-hydrogen) atoms. The summed E-state index contributed by atoms with van der Waals surface area (Å²) in [5.74, 6) is 0. The third-order valence-electron chi connectivity index (χ3n) is 0.532. The zero-order chi connectivity index (χ0) is 4.62. The predicted molar refractivity (Wildman–Crippen MR) is 24.5 cm³/mol. The van der Waals surface area contributed by atoms with E-state index in [9.17, 15) is 0 Å². The van der Waals surface area contributed by atoms with Crippen molar-refractivity contribution >= 4 is 27.3 Å².